The summed E-state index contributed by atoms with van der Waals surface area (Å²) < 4.78 is 0. The van der Waals surface area contributed by atoms with Crippen LogP contribution in [-0.2, 0) is 9.59 Å². The van der Waals surface area contributed by atoms with Gasteiger partial charge in [-0.3, -0.25) is 9.59 Å². The second kappa shape index (κ2) is 6.27. The quantitative estimate of drug-likeness (QED) is 0.530. The van der Waals surface area contributed by atoms with Crippen LogP contribution in [0.1, 0.15) is 12.8 Å². The number of rotatable bonds is 4. The third-order valence-electron chi connectivity index (χ3n) is 2.06. The van der Waals surface area contributed by atoms with E-state index in [1.54, 1.807) is 0 Å². The Balaban J connectivity index is 0.00000196. The molecule has 1 saturated heterocycles. The molecule has 15 heavy (non-hydrogen) atoms. The molecule has 4 N–H and O–H groups in total. The van der Waals surface area contributed by atoms with Crippen LogP contribution in [0.4, 0.5) is 0 Å². The van der Waals surface area contributed by atoms with E-state index < -0.39 is 11.9 Å². The van der Waals surface area contributed by atoms with E-state index >= 15 is 0 Å². The molecule has 0 spiro atoms. The molecule has 1 aliphatic heterocycles. The number of nitrogens with one attached hydrogen (secondary N) is 2. The third-order valence-corrected chi connectivity index (χ3v) is 2.06. The van der Waals surface area contributed by atoms with Crippen molar-refractivity contribution in [1.82, 2.24) is 10.6 Å². The topological polar surface area (TPSA) is 84.2 Å². The summed E-state index contributed by atoms with van der Waals surface area (Å²) in [5.74, 6) is 1.62. The Morgan fingerprint density at radius 2 is 2.27 bits per heavy atom. The maximum Gasteiger partial charge on any atom is 0.238 e. The van der Waals surface area contributed by atoms with Crippen molar-refractivity contribution in [2.45, 2.75) is 24.9 Å². The zero-order valence-electron chi connectivity index (χ0n) is 8.16. The van der Waals surface area contributed by atoms with Crippen LogP contribution >= 0.6 is 12.4 Å². The Morgan fingerprint density at radius 3 is 2.60 bits per heavy atom. The molecule has 6 heteroatoms. The highest BCUT2D eigenvalue weighted by Gasteiger charge is 2.26. The summed E-state index contributed by atoms with van der Waals surface area (Å²) in [6.45, 7) is 0.842. The van der Waals surface area contributed by atoms with Crippen molar-refractivity contribution in [2.75, 3.05) is 6.54 Å². The molecule has 0 aromatic rings. The van der Waals surface area contributed by atoms with Crippen molar-refractivity contribution in [3.8, 4) is 12.3 Å². The molecular formula is C9H14ClN3O2. The number of nitrogens with two attached hydrogens (primary N) is 1. The fraction of sp³-hybridized carbons (Fsp3) is 0.556. The molecule has 1 unspecified atom stereocenters. The molecule has 84 valence electrons. The molecule has 1 aliphatic rings. The highest BCUT2D eigenvalue weighted by atomic mass is 35.5. The zero-order chi connectivity index (χ0) is 10.6. The highest BCUT2D eigenvalue weighted by molar-refractivity contribution is 5.85. The molecule has 2 atom stereocenters. The molecule has 1 fully saturated rings. The first-order chi connectivity index (χ1) is 6.63. The zero-order valence-corrected chi connectivity index (χ0v) is 8.97. The van der Waals surface area contributed by atoms with Crippen LogP contribution in [0.5, 0.6) is 0 Å². The van der Waals surface area contributed by atoms with Crippen LogP contribution in [0.25, 0.3) is 0 Å². The number of hydrogen-bond acceptors (Lipinski definition) is 3. The van der Waals surface area contributed by atoms with E-state index in [2.05, 4.69) is 16.6 Å². The fourth-order valence-electron chi connectivity index (χ4n) is 1.14. The van der Waals surface area contributed by atoms with Crippen molar-refractivity contribution in [3.05, 3.63) is 0 Å². The lowest BCUT2D eigenvalue weighted by atomic mass is 10.1. The Hall–Kier alpha value is -1.25. The van der Waals surface area contributed by atoms with Gasteiger partial charge in [-0.2, -0.15) is 0 Å². The largest absolute Gasteiger partial charge is 0.370 e. The predicted molar refractivity (Wildman–Crippen MR) is 58.2 cm³/mol. The molecule has 5 nitrogen and oxygen atoms in total. The lowest BCUT2D eigenvalue weighted by Crippen LogP contribution is -2.55. The van der Waals surface area contributed by atoms with Gasteiger partial charge in [0.05, 0.1) is 18.5 Å². The van der Waals surface area contributed by atoms with E-state index in [9.17, 15) is 9.59 Å². The normalized spacial score (nSPS) is 20.1. The first-order valence-electron chi connectivity index (χ1n) is 4.41. The van der Waals surface area contributed by atoms with Crippen molar-refractivity contribution >= 4 is 24.2 Å². The second-order valence-electron chi connectivity index (χ2n) is 3.19. The van der Waals surface area contributed by atoms with E-state index in [0.717, 1.165) is 13.0 Å². The van der Waals surface area contributed by atoms with Gasteiger partial charge < -0.3 is 16.4 Å². The number of amides is 2. The van der Waals surface area contributed by atoms with Crippen LogP contribution < -0.4 is 16.4 Å². The van der Waals surface area contributed by atoms with Gasteiger partial charge in [0.25, 0.3) is 0 Å². The van der Waals surface area contributed by atoms with E-state index in [1.165, 1.54) is 0 Å². The van der Waals surface area contributed by atoms with E-state index in [1.807, 2.05) is 0 Å². The molecule has 0 radical (unpaired) electrons. The van der Waals surface area contributed by atoms with Gasteiger partial charge in [-0.1, -0.05) is 5.92 Å². The maximum atomic E-state index is 11.4. The summed E-state index contributed by atoms with van der Waals surface area (Å²) >= 11 is 0. The van der Waals surface area contributed by atoms with Crippen molar-refractivity contribution in [3.63, 3.8) is 0 Å². The van der Waals surface area contributed by atoms with Crippen LogP contribution in [0, 0.1) is 12.3 Å². The van der Waals surface area contributed by atoms with E-state index in [4.69, 9.17) is 12.2 Å². The molecule has 0 aliphatic carbocycles. The minimum absolute atomic E-state index is 0. The molecule has 0 bridgehead atoms. The first kappa shape index (κ1) is 13.8. The standard InChI is InChI=1S/C9H13N3O2.ClH/c1-2-6(5-8(10)13)12-9(14)7-3-4-11-7;/h1,6-7,11H,3-5H2,(H2,10,13)(H,12,14);1H/t6-,7?;/m1./s1. The Kier molecular flexibility index (Phi) is 5.75. The number of carbonyl (C=O) groups excluding carboxylic acids is 2. The van der Waals surface area contributed by atoms with Gasteiger partial charge in [0.15, 0.2) is 0 Å². The average molecular weight is 232 g/mol. The van der Waals surface area contributed by atoms with Gasteiger partial charge in [0.1, 0.15) is 0 Å². The molecule has 0 saturated carbocycles. The Labute approximate surface area is 94.6 Å². The number of hydrogen-bond donors (Lipinski definition) is 3. The summed E-state index contributed by atoms with van der Waals surface area (Å²) in [4.78, 5) is 21.9. The average Bonchev–Trinajstić information content (AvgIpc) is 1.98. The molecule has 0 aromatic carbocycles. The molecule has 0 aromatic heterocycles. The van der Waals surface area contributed by atoms with Crippen LogP contribution in [0.3, 0.4) is 0 Å². The van der Waals surface area contributed by atoms with Gasteiger partial charge in [0.2, 0.25) is 11.8 Å². The molecule has 1 heterocycles. The lowest BCUT2D eigenvalue weighted by Gasteiger charge is -2.27. The molecule has 2 amide bonds. The fourth-order valence-corrected chi connectivity index (χ4v) is 1.14. The minimum Gasteiger partial charge on any atom is -0.370 e. The molecular weight excluding hydrogens is 218 g/mol. The number of primary amides is 1. The highest BCUT2D eigenvalue weighted by Crippen LogP contribution is 2.02. The van der Waals surface area contributed by atoms with E-state index in [-0.39, 0.29) is 30.8 Å². The van der Waals surface area contributed by atoms with Gasteiger partial charge in [-0.15, -0.1) is 18.8 Å². The number of terminal acetylenes is 1. The van der Waals surface area contributed by atoms with Crippen LogP contribution in [0.2, 0.25) is 0 Å². The van der Waals surface area contributed by atoms with Crippen molar-refractivity contribution in [2.24, 2.45) is 5.73 Å². The van der Waals surface area contributed by atoms with Gasteiger partial charge in [-0.05, 0) is 13.0 Å². The monoisotopic (exact) mass is 231 g/mol. The SMILES string of the molecule is C#C[C@H](CC(N)=O)NC(=O)C1CCN1.Cl. The Morgan fingerprint density at radius 1 is 1.67 bits per heavy atom. The van der Waals surface area contributed by atoms with Gasteiger partial charge >= 0.3 is 0 Å². The van der Waals surface area contributed by atoms with Crippen LogP contribution in [0.15, 0.2) is 0 Å². The second-order valence-corrected chi connectivity index (χ2v) is 3.19. The minimum atomic E-state index is -0.595. The first-order valence-corrected chi connectivity index (χ1v) is 4.41. The van der Waals surface area contributed by atoms with Gasteiger partial charge in [-0.25, -0.2) is 0 Å². The van der Waals surface area contributed by atoms with Crippen LogP contribution in [-0.4, -0.2) is 30.4 Å². The number of halogens is 1. The lowest BCUT2D eigenvalue weighted by molar-refractivity contribution is -0.125. The van der Waals surface area contributed by atoms with Gasteiger partial charge in [0, 0.05) is 0 Å². The third kappa shape index (κ3) is 4.19. The maximum absolute atomic E-state index is 11.4. The smallest absolute Gasteiger partial charge is 0.238 e. The summed E-state index contributed by atoms with van der Waals surface area (Å²) in [6, 6.07) is -0.763. The summed E-state index contributed by atoms with van der Waals surface area (Å²) in [7, 11) is 0. The summed E-state index contributed by atoms with van der Waals surface area (Å²) in [5, 5.41) is 5.49. The molecule has 1 rings (SSSR count). The van der Waals surface area contributed by atoms with Crippen molar-refractivity contribution in [1.29, 1.82) is 0 Å². The summed E-state index contributed by atoms with van der Waals surface area (Å²) in [5.41, 5.74) is 4.97. The van der Waals surface area contributed by atoms with Crippen molar-refractivity contribution < 1.29 is 9.59 Å². The Bertz CT molecular complexity index is 284. The van der Waals surface area contributed by atoms with E-state index in [0.29, 0.717) is 0 Å². The summed E-state index contributed by atoms with van der Waals surface area (Å²) in [6.07, 6.45) is 5.92. The number of carbonyl (C=O) groups is 2. The predicted octanol–water partition coefficient (Wildman–Crippen LogP) is -1.24.